The first-order valence-corrected chi connectivity index (χ1v) is 9.93. The van der Waals surface area contributed by atoms with Crippen molar-refractivity contribution in [3.8, 4) is 11.3 Å². The smallest absolute Gasteiger partial charge is 0.303 e. The summed E-state index contributed by atoms with van der Waals surface area (Å²) in [7, 11) is 1.38. The molecule has 2 heterocycles. The molecule has 11 heteroatoms. The summed E-state index contributed by atoms with van der Waals surface area (Å²) >= 11 is 0. The molecule has 0 amide bonds. The lowest BCUT2D eigenvalue weighted by Gasteiger charge is -2.44. The van der Waals surface area contributed by atoms with E-state index >= 15 is 0 Å². The average Bonchev–Trinajstić information content (AvgIpc) is 3.22. The van der Waals surface area contributed by atoms with Gasteiger partial charge in [-0.2, -0.15) is 0 Å². The Labute approximate surface area is 184 Å². The number of nitrogens with zero attached hydrogens (tertiary/aromatic N) is 3. The van der Waals surface area contributed by atoms with Crippen molar-refractivity contribution < 1.29 is 38.1 Å². The molecule has 1 aliphatic heterocycles. The summed E-state index contributed by atoms with van der Waals surface area (Å²) in [5.74, 6) is -1.72. The predicted octanol–water partition coefficient (Wildman–Crippen LogP) is 1.28. The molecular weight excluding hydrogens is 422 g/mol. The molecular formula is C21H25N3O8. The van der Waals surface area contributed by atoms with Crippen LogP contribution in [0.15, 0.2) is 36.5 Å². The maximum atomic E-state index is 11.9. The van der Waals surface area contributed by atoms with E-state index in [2.05, 4.69) is 10.3 Å². The first-order valence-electron chi connectivity index (χ1n) is 9.93. The Kier molecular flexibility index (Phi) is 7.54. The van der Waals surface area contributed by atoms with Gasteiger partial charge in [-0.05, 0) is 0 Å². The summed E-state index contributed by atoms with van der Waals surface area (Å²) in [6.45, 7) is 3.52. The van der Waals surface area contributed by atoms with Gasteiger partial charge in [0.25, 0.3) is 0 Å². The van der Waals surface area contributed by atoms with Crippen LogP contribution in [0, 0.1) is 0 Å². The van der Waals surface area contributed by atoms with Crippen LogP contribution in [-0.4, -0.2) is 71.2 Å². The van der Waals surface area contributed by atoms with Gasteiger partial charge in [-0.3, -0.25) is 14.4 Å². The molecule has 1 aromatic heterocycles. The van der Waals surface area contributed by atoms with E-state index in [1.807, 2.05) is 30.3 Å². The van der Waals surface area contributed by atoms with Gasteiger partial charge in [-0.15, -0.1) is 5.10 Å². The van der Waals surface area contributed by atoms with E-state index in [1.54, 1.807) is 6.20 Å². The number of aromatic nitrogens is 3. The van der Waals surface area contributed by atoms with Crippen LogP contribution >= 0.6 is 0 Å². The second-order valence-electron chi connectivity index (χ2n) is 7.17. The quantitative estimate of drug-likeness (QED) is 0.452. The first kappa shape index (κ1) is 23.4. The van der Waals surface area contributed by atoms with Gasteiger partial charge >= 0.3 is 17.9 Å². The lowest BCUT2D eigenvalue weighted by Crippen LogP contribution is -2.59. The van der Waals surface area contributed by atoms with Crippen LogP contribution in [0.3, 0.4) is 0 Å². The number of benzene rings is 1. The highest BCUT2D eigenvalue weighted by molar-refractivity contribution is 5.67. The third kappa shape index (κ3) is 5.48. The Morgan fingerprint density at radius 2 is 1.66 bits per heavy atom. The summed E-state index contributed by atoms with van der Waals surface area (Å²) in [5, 5.41) is 8.40. The molecule has 0 radical (unpaired) electrons. The van der Waals surface area contributed by atoms with Crippen molar-refractivity contribution in [3.63, 3.8) is 0 Å². The normalized spacial score (nSPS) is 25.1. The summed E-state index contributed by atoms with van der Waals surface area (Å²) in [5.41, 5.74) is 1.38. The van der Waals surface area contributed by atoms with Gasteiger partial charge in [0.15, 0.2) is 18.5 Å². The van der Waals surface area contributed by atoms with E-state index in [9.17, 15) is 14.4 Å². The summed E-state index contributed by atoms with van der Waals surface area (Å²) in [4.78, 5) is 35.1. The van der Waals surface area contributed by atoms with Crippen molar-refractivity contribution in [1.82, 2.24) is 15.0 Å². The molecule has 3 rings (SSSR count). The van der Waals surface area contributed by atoms with Crippen molar-refractivity contribution in [2.75, 3.05) is 13.7 Å². The zero-order valence-electron chi connectivity index (χ0n) is 18.2. The lowest BCUT2D eigenvalue weighted by atomic mass is 9.95. The van der Waals surface area contributed by atoms with Gasteiger partial charge < -0.3 is 23.7 Å². The molecule has 1 saturated heterocycles. The molecule has 5 atom stereocenters. The summed E-state index contributed by atoms with van der Waals surface area (Å²) in [6.07, 6.45) is -2.35. The second-order valence-corrected chi connectivity index (χ2v) is 7.17. The highest BCUT2D eigenvalue weighted by Gasteiger charge is 2.52. The van der Waals surface area contributed by atoms with Gasteiger partial charge in [-0.25, -0.2) is 4.68 Å². The van der Waals surface area contributed by atoms with Gasteiger partial charge in [0.2, 0.25) is 0 Å². The van der Waals surface area contributed by atoms with Crippen LogP contribution in [-0.2, 0) is 38.1 Å². The van der Waals surface area contributed by atoms with Crippen molar-refractivity contribution in [2.45, 2.75) is 51.4 Å². The molecule has 172 valence electrons. The Balaban J connectivity index is 2.04. The molecule has 1 aliphatic rings. The number of carbonyl (C=O) groups is 3. The van der Waals surface area contributed by atoms with Gasteiger partial charge in [0.05, 0.1) is 6.20 Å². The third-order valence-corrected chi connectivity index (χ3v) is 4.79. The topological polar surface area (TPSA) is 128 Å². The molecule has 0 spiro atoms. The monoisotopic (exact) mass is 447 g/mol. The molecule has 32 heavy (non-hydrogen) atoms. The largest absolute Gasteiger partial charge is 0.463 e. The Bertz CT molecular complexity index is 948. The minimum atomic E-state index is -1.04. The minimum Gasteiger partial charge on any atom is -0.463 e. The Morgan fingerprint density at radius 3 is 2.25 bits per heavy atom. The van der Waals surface area contributed by atoms with E-state index in [4.69, 9.17) is 23.7 Å². The number of methoxy groups -OCH3 is 1. The van der Waals surface area contributed by atoms with Crippen LogP contribution in [0.1, 0.15) is 26.8 Å². The van der Waals surface area contributed by atoms with Crippen molar-refractivity contribution in [2.24, 2.45) is 0 Å². The number of ether oxygens (including phenoxy) is 5. The van der Waals surface area contributed by atoms with E-state index < -0.39 is 48.6 Å². The SMILES string of the molecule is CO[C@H]1O[C@H](COC(C)=O)[C@@H](OC(C)=O)[C@H](n2cc(-c3ccccc3)nn2)[C@@H]1OC(C)=O. The number of rotatable bonds is 7. The molecule has 11 nitrogen and oxygen atoms in total. The van der Waals surface area contributed by atoms with Gasteiger partial charge in [-0.1, -0.05) is 35.5 Å². The molecule has 1 aromatic carbocycles. The van der Waals surface area contributed by atoms with Crippen LogP contribution < -0.4 is 0 Å². The fraction of sp³-hybridized carbons (Fsp3) is 0.476. The van der Waals surface area contributed by atoms with Crippen LogP contribution in [0.5, 0.6) is 0 Å². The average molecular weight is 447 g/mol. The number of esters is 3. The second kappa shape index (κ2) is 10.3. The highest BCUT2D eigenvalue weighted by Crippen LogP contribution is 2.35. The fourth-order valence-electron chi connectivity index (χ4n) is 3.54. The predicted molar refractivity (Wildman–Crippen MR) is 108 cm³/mol. The van der Waals surface area contributed by atoms with E-state index in [1.165, 1.54) is 32.6 Å². The molecule has 2 aromatic rings. The number of hydrogen-bond acceptors (Lipinski definition) is 10. The molecule has 0 saturated carbocycles. The van der Waals surface area contributed by atoms with Crippen LogP contribution in [0.4, 0.5) is 0 Å². The van der Waals surface area contributed by atoms with Gasteiger partial charge in [0, 0.05) is 33.4 Å². The number of carbonyl (C=O) groups excluding carboxylic acids is 3. The zero-order chi connectivity index (χ0) is 23.3. The highest BCUT2D eigenvalue weighted by atomic mass is 16.7. The first-order chi connectivity index (χ1) is 15.3. The standard InChI is InChI=1S/C21H25N3O8/c1-12(25)29-11-17-19(30-13(2)26)18(20(31-14(3)27)21(28-4)32-17)24-10-16(22-23-24)15-8-6-5-7-9-15/h5-10,17-21H,11H2,1-4H3/t17-,18+,19-,20+,21+/m1/s1. The Morgan fingerprint density at radius 1 is 1.00 bits per heavy atom. The molecule has 0 N–H and O–H groups in total. The van der Waals surface area contributed by atoms with E-state index in [0.717, 1.165) is 5.56 Å². The van der Waals surface area contributed by atoms with E-state index in [-0.39, 0.29) is 6.61 Å². The fourth-order valence-corrected chi connectivity index (χ4v) is 3.54. The molecule has 0 aliphatic carbocycles. The molecule has 0 bridgehead atoms. The summed E-state index contributed by atoms with van der Waals surface area (Å²) < 4.78 is 28.8. The van der Waals surface area contributed by atoms with Crippen molar-refractivity contribution >= 4 is 17.9 Å². The minimum absolute atomic E-state index is 0.212. The van der Waals surface area contributed by atoms with E-state index in [0.29, 0.717) is 5.69 Å². The Hall–Kier alpha value is -3.31. The van der Waals surface area contributed by atoms with Gasteiger partial charge in [0.1, 0.15) is 24.4 Å². The molecule has 1 fully saturated rings. The maximum Gasteiger partial charge on any atom is 0.303 e. The van der Waals surface area contributed by atoms with Crippen LogP contribution in [0.25, 0.3) is 11.3 Å². The molecule has 0 unspecified atom stereocenters. The number of hydrogen-bond donors (Lipinski definition) is 0. The van der Waals surface area contributed by atoms with Crippen molar-refractivity contribution in [1.29, 1.82) is 0 Å². The summed E-state index contributed by atoms with van der Waals surface area (Å²) in [6, 6.07) is 8.47. The zero-order valence-corrected chi connectivity index (χ0v) is 18.2. The van der Waals surface area contributed by atoms with Crippen molar-refractivity contribution in [3.05, 3.63) is 36.5 Å². The lowest BCUT2D eigenvalue weighted by molar-refractivity contribution is -0.286. The third-order valence-electron chi connectivity index (χ3n) is 4.79. The maximum absolute atomic E-state index is 11.9. The van der Waals surface area contributed by atoms with Crippen LogP contribution in [0.2, 0.25) is 0 Å².